The molecular weight excluding hydrogens is 524 g/mol. The molecular formula is C31H29ClN6O2. The molecule has 4 atom stereocenters. The Balaban J connectivity index is 1.10. The lowest BCUT2D eigenvalue weighted by Gasteiger charge is -2.21. The van der Waals surface area contributed by atoms with Crippen LogP contribution in [0.4, 0.5) is 5.82 Å². The quantitative estimate of drug-likeness (QED) is 0.290. The van der Waals surface area contributed by atoms with Gasteiger partial charge in [0.1, 0.15) is 16.6 Å². The molecule has 1 saturated carbocycles. The summed E-state index contributed by atoms with van der Waals surface area (Å²) in [6.45, 7) is 6.41. The fourth-order valence-corrected chi connectivity index (χ4v) is 6.83. The molecule has 202 valence electrons. The molecule has 1 aromatic carbocycles. The Morgan fingerprint density at radius 1 is 1.02 bits per heavy atom. The molecule has 0 radical (unpaired) electrons. The molecule has 4 aromatic rings. The number of hydrogen-bond acceptors (Lipinski definition) is 5. The Morgan fingerprint density at radius 3 is 2.52 bits per heavy atom. The molecule has 7 rings (SSSR count). The van der Waals surface area contributed by atoms with Crippen molar-refractivity contribution in [3.8, 4) is 16.9 Å². The maximum Gasteiger partial charge on any atom is 0.245 e. The van der Waals surface area contributed by atoms with Crippen LogP contribution < -0.4 is 5.73 Å². The fraction of sp³-hybridized carbons (Fsp3) is 0.290. The number of nitrogens with zero attached hydrogens (tertiary/aromatic N) is 5. The Morgan fingerprint density at radius 2 is 1.80 bits per heavy atom. The van der Waals surface area contributed by atoms with Gasteiger partial charge in [0.05, 0.1) is 5.69 Å². The van der Waals surface area contributed by atoms with Crippen molar-refractivity contribution in [3.05, 3.63) is 84.2 Å². The first-order chi connectivity index (χ1) is 19.4. The second-order valence-corrected chi connectivity index (χ2v) is 11.4. The molecule has 8 nitrogen and oxygen atoms in total. The number of pyridine rings is 2. The van der Waals surface area contributed by atoms with E-state index in [-0.39, 0.29) is 23.7 Å². The normalized spacial score (nSPS) is 23.4. The van der Waals surface area contributed by atoms with E-state index in [4.69, 9.17) is 17.3 Å². The monoisotopic (exact) mass is 552 g/mol. The summed E-state index contributed by atoms with van der Waals surface area (Å²) in [7, 11) is 0. The number of anilines is 1. The fourth-order valence-electron chi connectivity index (χ4n) is 6.69. The molecule has 3 fully saturated rings. The molecule has 9 heteroatoms. The second kappa shape index (κ2) is 9.48. The smallest absolute Gasteiger partial charge is 0.245 e. The van der Waals surface area contributed by atoms with Crippen LogP contribution in [0.3, 0.4) is 0 Å². The van der Waals surface area contributed by atoms with Crippen LogP contribution in [0.1, 0.15) is 17.9 Å². The van der Waals surface area contributed by atoms with Gasteiger partial charge in [0, 0.05) is 60.8 Å². The second-order valence-electron chi connectivity index (χ2n) is 11.0. The molecule has 1 aliphatic carbocycles. The lowest BCUT2D eigenvalue weighted by Crippen LogP contribution is -2.36. The summed E-state index contributed by atoms with van der Waals surface area (Å²) in [5, 5.41) is 1.38. The third kappa shape index (κ3) is 4.05. The van der Waals surface area contributed by atoms with Gasteiger partial charge in [-0.05, 0) is 72.4 Å². The number of aromatic nitrogens is 3. The Labute approximate surface area is 237 Å². The maximum atomic E-state index is 13.3. The molecule has 0 spiro atoms. The highest BCUT2D eigenvalue weighted by Crippen LogP contribution is 2.53. The number of carbonyl (C=O) groups excluding carboxylic acids is 2. The maximum absolute atomic E-state index is 13.3. The van der Waals surface area contributed by atoms with Gasteiger partial charge >= 0.3 is 0 Å². The van der Waals surface area contributed by atoms with Crippen LogP contribution in [-0.4, -0.2) is 62.3 Å². The molecule has 3 aromatic heterocycles. The molecule has 2 saturated heterocycles. The third-order valence-electron chi connectivity index (χ3n) is 8.82. The lowest BCUT2D eigenvalue weighted by molar-refractivity contribution is -0.134. The molecule has 3 unspecified atom stereocenters. The van der Waals surface area contributed by atoms with Crippen LogP contribution in [0.2, 0.25) is 5.15 Å². The number of amides is 2. The molecule has 3 aliphatic rings. The van der Waals surface area contributed by atoms with Crippen LogP contribution in [0.5, 0.6) is 0 Å². The van der Waals surface area contributed by atoms with Crippen LogP contribution in [0.15, 0.2) is 73.4 Å². The van der Waals surface area contributed by atoms with Gasteiger partial charge in [-0.3, -0.25) is 14.2 Å². The predicted octanol–water partition coefficient (Wildman–Crippen LogP) is 4.53. The molecule has 2 amide bonds. The third-order valence-corrected chi connectivity index (χ3v) is 9.03. The van der Waals surface area contributed by atoms with Crippen molar-refractivity contribution in [2.75, 3.05) is 31.9 Å². The van der Waals surface area contributed by atoms with Crippen LogP contribution >= 0.6 is 11.6 Å². The molecule has 0 bridgehead atoms. The van der Waals surface area contributed by atoms with E-state index in [1.807, 2.05) is 28.0 Å². The summed E-state index contributed by atoms with van der Waals surface area (Å²) < 4.78 is 2.06. The summed E-state index contributed by atoms with van der Waals surface area (Å²) in [4.78, 5) is 37.9. The van der Waals surface area contributed by atoms with Crippen LogP contribution in [-0.2, 0) is 9.59 Å². The average molecular weight is 553 g/mol. The van der Waals surface area contributed by atoms with Gasteiger partial charge in [0.2, 0.25) is 11.8 Å². The topological polar surface area (TPSA) is 97.4 Å². The number of fused-ring (bicyclic) bond motifs is 2. The van der Waals surface area contributed by atoms with Crippen LogP contribution in [0.25, 0.3) is 28.0 Å². The number of nitrogen functional groups attached to an aromatic ring is 1. The van der Waals surface area contributed by atoms with E-state index in [1.54, 1.807) is 12.3 Å². The van der Waals surface area contributed by atoms with E-state index in [0.29, 0.717) is 35.9 Å². The minimum absolute atomic E-state index is 0.0362. The van der Waals surface area contributed by atoms with Crippen molar-refractivity contribution in [1.29, 1.82) is 0 Å². The minimum Gasteiger partial charge on any atom is -0.383 e. The number of benzene rings is 1. The van der Waals surface area contributed by atoms with E-state index >= 15 is 0 Å². The van der Waals surface area contributed by atoms with Crippen molar-refractivity contribution < 1.29 is 9.59 Å². The summed E-state index contributed by atoms with van der Waals surface area (Å²) in [5.41, 5.74) is 10.9. The number of piperidine rings is 1. The zero-order valence-corrected chi connectivity index (χ0v) is 22.7. The molecule has 5 heterocycles. The largest absolute Gasteiger partial charge is 0.383 e. The molecule has 2 aliphatic heterocycles. The minimum atomic E-state index is -0.0362. The highest BCUT2D eigenvalue weighted by atomic mass is 35.5. The first-order valence-electron chi connectivity index (χ1n) is 13.6. The first-order valence-corrected chi connectivity index (χ1v) is 14.0. The van der Waals surface area contributed by atoms with Gasteiger partial charge in [-0.2, -0.15) is 0 Å². The molecule has 2 N–H and O–H groups in total. The van der Waals surface area contributed by atoms with Gasteiger partial charge in [0.25, 0.3) is 0 Å². The van der Waals surface area contributed by atoms with Crippen LogP contribution in [0, 0.1) is 17.8 Å². The SMILES string of the molecule is C=CC(=O)N1CC2C(C(=O)N3CCC(c4ccc(-n5c(-c6cccnc6N)cc6ccc(Cl)nc65)cc4)C3)[C@H]2C1. The molecule has 40 heavy (non-hydrogen) atoms. The summed E-state index contributed by atoms with van der Waals surface area (Å²) in [6, 6.07) is 18.1. The number of likely N-dealkylation sites (tertiary alicyclic amines) is 2. The lowest BCUT2D eigenvalue weighted by atomic mass is 9.98. The van der Waals surface area contributed by atoms with Gasteiger partial charge in [-0.15, -0.1) is 0 Å². The summed E-state index contributed by atoms with van der Waals surface area (Å²) >= 11 is 6.29. The van der Waals surface area contributed by atoms with Crippen molar-refractivity contribution in [1.82, 2.24) is 24.3 Å². The van der Waals surface area contributed by atoms with Crippen molar-refractivity contribution in [2.45, 2.75) is 12.3 Å². The zero-order valence-electron chi connectivity index (χ0n) is 21.9. The number of hydrogen-bond donors (Lipinski definition) is 1. The Hall–Kier alpha value is -4.17. The summed E-state index contributed by atoms with van der Waals surface area (Å²) in [6.07, 6.45) is 3.98. The Kier molecular flexibility index (Phi) is 5.89. The first kappa shape index (κ1) is 24.8. The standard InChI is InChI=1S/C31H29ClN6O2/c1-2-27(39)37-16-23-24(17-37)28(23)31(40)36-13-11-20(15-36)18-5-8-21(9-6-18)38-25(22-4-3-12-34-29(22)33)14-19-7-10-26(32)35-30(19)38/h2-10,12,14,20,23-24,28H,1,11,13,15-17H2,(H2,33,34)/t20?,23-,24?,28?/m0/s1. The highest BCUT2D eigenvalue weighted by molar-refractivity contribution is 6.29. The Bertz CT molecular complexity index is 1650. The van der Waals surface area contributed by atoms with Gasteiger partial charge in [-0.25, -0.2) is 9.97 Å². The van der Waals surface area contributed by atoms with Gasteiger partial charge in [0.15, 0.2) is 0 Å². The number of rotatable bonds is 5. The van der Waals surface area contributed by atoms with Crippen molar-refractivity contribution >= 4 is 40.3 Å². The van der Waals surface area contributed by atoms with E-state index in [2.05, 4.69) is 51.4 Å². The van der Waals surface area contributed by atoms with Gasteiger partial charge in [-0.1, -0.05) is 30.3 Å². The number of nitrogens with two attached hydrogens (primary N) is 1. The zero-order chi connectivity index (χ0) is 27.5. The predicted molar refractivity (Wildman–Crippen MR) is 155 cm³/mol. The van der Waals surface area contributed by atoms with Crippen molar-refractivity contribution in [3.63, 3.8) is 0 Å². The summed E-state index contributed by atoms with van der Waals surface area (Å²) in [5.74, 6) is 1.62. The van der Waals surface area contributed by atoms with E-state index in [0.717, 1.165) is 47.5 Å². The highest BCUT2D eigenvalue weighted by Gasteiger charge is 2.61. The van der Waals surface area contributed by atoms with Gasteiger partial charge < -0.3 is 15.5 Å². The average Bonchev–Trinajstić information content (AvgIpc) is 3.39. The number of halogens is 1. The van der Waals surface area contributed by atoms with E-state index in [1.165, 1.54) is 11.6 Å². The van der Waals surface area contributed by atoms with E-state index < -0.39 is 0 Å². The number of carbonyl (C=O) groups is 2. The van der Waals surface area contributed by atoms with Crippen molar-refractivity contribution in [2.24, 2.45) is 17.8 Å². The van der Waals surface area contributed by atoms with E-state index in [9.17, 15) is 9.59 Å².